The number of rotatable bonds is 1. The van der Waals surface area contributed by atoms with Crippen molar-refractivity contribution >= 4 is 40.3 Å². The van der Waals surface area contributed by atoms with Gasteiger partial charge < -0.3 is 5.32 Å². The molecule has 1 aromatic rings. The van der Waals surface area contributed by atoms with Crippen LogP contribution in [0.25, 0.3) is 6.08 Å². The van der Waals surface area contributed by atoms with Crippen molar-refractivity contribution in [1.82, 2.24) is 5.32 Å². The van der Waals surface area contributed by atoms with Crippen LogP contribution in [0.5, 0.6) is 0 Å². The van der Waals surface area contributed by atoms with Gasteiger partial charge in [-0.1, -0.05) is 42.2 Å². The van der Waals surface area contributed by atoms with Crippen LogP contribution in [0.2, 0.25) is 0 Å². The summed E-state index contributed by atoms with van der Waals surface area (Å²) in [6, 6.07) is 6.27. The van der Waals surface area contributed by atoms with Crippen molar-refractivity contribution in [2.24, 2.45) is 0 Å². The largest absolute Gasteiger partial charge is 0.307 e. The average Bonchev–Trinajstić information content (AvgIpc) is 2.49. The van der Waals surface area contributed by atoms with Crippen molar-refractivity contribution < 1.29 is 9.18 Å². The Hall–Kier alpha value is -1.20. The lowest BCUT2D eigenvalue weighted by Crippen LogP contribution is -2.17. The molecule has 1 fully saturated rings. The van der Waals surface area contributed by atoms with Gasteiger partial charge in [-0.15, -0.1) is 0 Å². The summed E-state index contributed by atoms with van der Waals surface area (Å²) in [5, 5.41) is 2.47. The van der Waals surface area contributed by atoms with E-state index in [2.05, 4.69) is 5.32 Å². The number of benzene rings is 1. The Kier molecular flexibility index (Phi) is 2.83. The summed E-state index contributed by atoms with van der Waals surface area (Å²) in [4.78, 5) is 11.7. The molecule has 0 aliphatic carbocycles. The van der Waals surface area contributed by atoms with E-state index < -0.39 is 0 Å². The number of hydrogen-bond acceptors (Lipinski definition) is 3. The molecular weight excluding hydrogens is 233 g/mol. The Morgan fingerprint density at radius 3 is 2.73 bits per heavy atom. The van der Waals surface area contributed by atoms with Crippen molar-refractivity contribution in [1.29, 1.82) is 0 Å². The summed E-state index contributed by atoms with van der Waals surface area (Å²) >= 11 is 5.96. The van der Waals surface area contributed by atoms with Crippen LogP contribution in [0, 0.1) is 5.82 Å². The van der Waals surface area contributed by atoms with Crippen LogP contribution >= 0.6 is 24.0 Å². The molecule has 0 radical (unpaired) electrons. The van der Waals surface area contributed by atoms with Gasteiger partial charge in [0.25, 0.3) is 5.91 Å². The quantitative estimate of drug-likeness (QED) is 0.602. The van der Waals surface area contributed by atoms with Crippen molar-refractivity contribution in [3.63, 3.8) is 0 Å². The minimum atomic E-state index is -0.351. The van der Waals surface area contributed by atoms with E-state index in [-0.39, 0.29) is 11.7 Å². The minimum Gasteiger partial charge on any atom is -0.307 e. The molecule has 1 saturated heterocycles. The molecule has 0 atom stereocenters. The predicted octanol–water partition coefficient (Wildman–Crippen LogP) is 2.31. The molecule has 1 aromatic carbocycles. The Morgan fingerprint density at radius 2 is 2.13 bits per heavy atom. The Morgan fingerprint density at radius 1 is 1.40 bits per heavy atom. The molecule has 15 heavy (non-hydrogen) atoms. The molecule has 0 aromatic heterocycles. The van der Waals surface area contributed by atoms with Crippen molar-refractivity contribution in [3.05, 3.63) is 40.6 Å². The van der Waals surface area contributed by atoms with Crippen LogP contribution in [0.4, 0.5) is 4.39 Å². The highest BCUT2D eigenvalue weighted by Gasteiger charge is 2.22. The number of carbonyl (C=O) groups excluding carboxylic acids is 1. The first-order valence-corrected chi connectivity index (χ1v) is 5.38. The fraction of sp³-hybridized carbons (Fsp3) is 0. The fourth-order valence-corrected chi connectivity index (χ4v) is 2.19. The van der Waals surface area contributed by atoms with E-state index in [1.165, 1.54) is 12.1 Å². The SMILES string of the molecule is O=C1NC(=S)S/C1=C\c1ccccc1F. The summed E-state index contributed by atoms with van der Waals surface area (Å²) in [6.07, 6.45) is 1.49. The summed E-state index contributed by atoms with van der Waals surface area (Å²) in [5.41, 5.74) is 0.389. The lowest BCUT2D eigenvalue weighted by molar-refractivity contribution is -0.115. The predicted molar refractivity (Wildman–Crippen MR) is 62.7 cm³/mol. The van der Waals surface area contributed by atoms with Crippen LogP contribution in [-0.4, -0.2) is 10.2 Å². The number of nitrogens with one attached hydrogen (secondary N) is 1. The third-order valence-corrected chi connectivity index (χ3v) is 3.00. The highest BCUT2D eigenvalue weighted by atomic mass is 32.2. The Balaban J connectivity index is 2.35. The lowest BCUT2D eigenvalue weighted by Gasteiger charge is -1.96. The standard InChI is InChI=1S/C10H6FNOS2/c11-7-4-2-1-3-6(7)5-8-9(13)12-10(14)15-8/h1-5H,(H,12,13,14)/b8-5-. The maximum Gasteiger partial charge on any atom is 0.263 e. The van der Waals surface area contributed by atoms with Crippen LogP contribution in [-0.2, 0) is 4.79 Å². The van der Waals surface area contributed by atoms with E-state index in [0.29, 0.717) is 14.8 Å². The highest BCUT2D eigenvalue weighted by Crippen LogP contribution is 2.26. The van der Waals surface area contributed by atoms with Gasteiger partial charge in [-0.05, 0) is 12.1 Å². The molecule has 5 heteroatoms. The monoisotopic (exact) mass is 239 g/mol. The molecule has 0 bridgehead atoms. The van der Waals surface area contributed by atoms with Gasteiger partial charge in [0, 0.05) is 5.56 Å². The first-order chi connectivity index (χ1) is 7.16. The summed E-state index contributed by atoms with van der Waals surface area (Å²) < 4.78 is 13.7. The van der Waals surface area contributed by atoms with Gasteiger partial charge in [0.1, 0.15) is 10.1 Å². The van der Waals surface area contributed by atoms with Gasteiger partial charge >= 0.3 is 0 Å². The van der Waals surface area contributed by atoms with E-state index in [9.17, 15) is 9.18 Å². The average molecular weight is 239 g/mol. The second-order valence-corrected chi connectivity index (χ2v) is 4.59. The van der Waals surface area contributed by atoms with E-state index in [1.54, 1.807) is 18.2 Å². The lowest BCUT2D eigenvalue weighted by atomic mass is 10.2. The fourth-order valence-electron chi connectivity index (χ4n) is 1.15. The van der Waals surface area contributed by atoms with E-state index >= 15 is 0 Å². The number of amides is 1. The molecule has 1 aliphatic heterocycles. The van der Waals surface area contributed by atoms with E-state index in [1.807, 2.05) is 0 Å². The van der Waals surface area contributed by atoms with Crippen LogP contribution in [0.1, 0.15) is 5.56 Å². The van der Waals surface area contributed by atoms with E-state index in [0.717, 1.165) is 11.8 Å². The number of thioether (sulfide) groups is 1. The van der Waals surface area contributed by atoms with Crippen molar-refractivity contribution in [2.45, 2.75) is 0 Å². The zero-order valence-electron chi connectivity index (χ0n) is 7.49. The van der Waals surface area contributed by atoms with Crippen molar-refractivity contribution in [3.8, 4) is 0 Å². The smallest absolute Gasteiger partial charge is 0.263 e. The number of thiocarbonyl (C=S) groups is 1. The van der Waals surface area contributed by atoms with Gasteiger partial charge in [0.2, 0.25) is 0 Å². The first-order valence-electron chi connectivity index (χ1n) is 4.16. The molecule has 2 nitrogen and oxygen atoms in total. The third-order valence-electron chi connectivity index (χ3n) is 1.83. The zero-order chi connectivity index (χ0) is 10.8. The third kappa shape index (κ3) is 2.24. The molecule has 1 amide bonds. The molecule has 1 heterocycles. The summed E-state index contributed by atoms with van der Waals surface area (Å²) in [5.74, 6) is -0.621. The van der Waals surface area contributed by atoms with Crippen LogP contribution in [0.15, 0.2) is 29.2 Å². The molecule has 0 spiro atoms. The Bertz CT molecular complexity index is 470. The normalized spacial score (nSPS) is 18.3. The van der Waals surface area contributed by atoms with Crippen LogP contribution in [0.3, 0.4) is 0 Å². The molecular formula is C10H6FNOS2. The molecule has 0 saturated carbocycles. The van der Waals surface area contributed by atoms with Gasteiger partial charge in [-0.25, -0.2) is 4.39 Å². The van der Waals surface area contributed by atoms with Gasteiger partial charge in [-0.3, -0.25) is 4.79 Å². The molecule has 2 rings (SSSR count). The summed E-state index contributed by atoms with van der Waals surface area (Å²) in [6.45, 7) is 0. The minimum absolute atomic E-state index is 0.270. The second-order valence-electron chi connectivity index (χ2n) is 2.87. The molecule has 1 aliphatic rings. The van der Waals surface area contributed by atoms with Gasteiger partial charge in [0.05, 0.1) is 4.91 Å². The molecule has 76 valence electrons. The van der Waals surface area contributed by atoms with E-state index in [4.69, 9.17) is 12.2 Å². The maximum atomic E-state index is 13.2. The summed E-state index contributed by atoms with van der Waals surface area (Å²) in [7, 11) is 0. The second kappa shape index (κ2) is 4.12. The number of hydrogen-bond donors (Lipinski definition) is 1. The van der Waals surface area contributed by atoms with Crippen molar-refractivity contribution in [2.75, 3.05) is 0 Å². The maximum absolute atomic E-state index is 13.2. The molecule has 1 N–H and O–H groups in total. The molecule has 0 unspecified atom stereocenters. The Labute approximate surface area is 95.6 Å². The number of carbonyl (C=O) groups is 1. The zero-order valence-corrected chi connectivity index (χ0v) is 9.12. The van der Waals surface area contributed by atoms with Gasteiger partial charge in [-0.2, -0.15) is 0 Å². The van der Waals surface area contributed by atoms with Crippen LogP contribution < -0.4 is 5.32 Å². The van der Waals surface area contributed by atoms with Gasteiger partial charge in [0.15, 0.2) is 0 Å². The topological polar surface area (TPSA) is 29.1 Å². The number of halogens is 1. The first kappa shape index (κ1) is 10.3. The highest BCUT2D eigenvalue weighted by molar-refractivity contribution is 8.26.